The third-order valence-electron chi connectivity index (χ3n) is 4.92. The van der Waals surface area contributed by atoms with Crippen LogP contribution in [0, 0.1) is 5.41 Å². The van der Waals surface area contributed by atoms with E-state index in [2.05, 4.69) is 33.0 Å². The summed E-state index contributed by atoms with van der Waals surface area (Å²) in [6.07, 6.45) is -4.29. The summed E-state index contributed by atoms with van der Waals surface area (Å²) in [6, 6.07) is 5.52. The lowest BCUT2D eigenvalue weighted by Crippen LogP contribution is -2.44. The number of aliphatic carboxylic acids is 1. The van der Waals surface area contributed by atoms with Gasteiger partial charge in [0.2, 0.25) is 5.91 Å². The standard InChI is InChI=1S/C22H36N2O3.C2HF3O2/c1-8-18(23)21(26)24-13-22(6,7)12-19(25)27-20-16(14(2)3)10-9-11-17(20)15(4)5;3-2(4,5)1(6)7/h9-11,14-15,18H,8,12-13,23H2,1-7H3,(H,24,26);(H,6,7)/t18-;/m0./s1. The number of halogens is 3. The highest BCUT2D eigenvalue weighted by Gasteiger charge is 2.38. The highest BCUT2D eigenvalue weighted by molar-refractivity contribution is 5.81. The quantitative estimate of drug-likeness (QED) is 0.340. The van der Waals surface area contributed by atoms with E-state index >= 15 is 0 Å². The number of carbonyl (C=O) groups is 3. The van der Waals surface area contributed by atoms with E-state index in [9.17, 15) is 22.8 Å². The molecule has 0 saturated heterocycles. The number of esters is 1. The molecule has 0 unspecified atom stereocenters. The Hall–Kier alpha value is -2.62. The van der Waals surface area contributed by atoms with E-state index in [1.165, 1.54) is 0 Å². The lowest BCUT2D eigenvalue weighted by molar-refractivity contribution is -0.192. The van der Waals surface area contributed by atoms with Crippen molar-refractivity contribution in [2.45, 2.75) is 85.4 Å². The molecule has 34 heavy (non-hydrogen) atoms. The summed E-state index contributed by atoms with van der Waals surface area (Å²) in [6.45, 7) is 14.5. The summed E-state index contributed by atoms with van der Waals surface area (Å²) in [5, 5.41) is 9.96. The van der Waals surface area contributed by atoms with Crippen LogP contribution >= 0.6 is 0 Å². The minimum absolute atomic E-state index is 0.189. The van der Waals surface area contributed by atoms with Gasteiger partial charge in [-0.3, -0.25) is 9.59 Å². The summed E-state index contributed by atoms with van der Waals surface area (Å²) >= 11 is 0. The van der Waals surface area contributed by atoms with Crippen molar-refractivity contribution in [1.29, 1.82) is 0 Å². The maximum Gasteiger partial charge on any atom is 0.490 e. The van der Waals surface area contributed by atoms with Gasteiger partial charge in [0.25, 0.3) is 0 Å². The number of nitrogens with one attached hydrogen (secondary N) is 1. The van der Waals surface area contributed by atoms with E-state index in [0.717, 1.165) is 11.1 Å². The number of amides is 1. The van der Waals surface area contributed by atoms with Crippen LogP contribution in [-0.2, 0) is 14.4 Å². The first-order valence-electron chi connectivity index (χ1n) is 11.1. The van der Waals surface area contributed by atoms with Crippen molar-refractivity contribution in [3.05, 3.63) is 29.3 Å². The number of carbonyl (C=O) groups excluding carboxylic acids is 2. The molecular weight excluding hydrogens is 453 g/mol. The Labute approximate surface area is 199 Å². The third kappa shape index (κ3) is 11.0. The first-order valence-corrected chi connectivity index (χ1v) is 11.1. The smallest absolute Gasteiger partial charge is 0.475 e. The summed E-state index contributed by atoms with van der Waals surface area (Å²) in [4.78, 5) is 33.4. The summed E-state index contributed by atoms with van der Waals surface area (Å²) in [5.74, 6) is -2.04. The van der Waals surface area contributed by atoms with Crippen LogP contribution in [0.25, 0.3) is 0 Å². The van der Waals surface area contributed by atoms with Crippen molar-refractivity contribution in [1.82, 2.24) is 5.32 Å². The molecule has 0 bridgehead atoms. The van der Waals surface area contributed by atoms with Gasteiger partial charge in [0.1, 0.15) is 5.75 Å². The molecule has 1 atom stereocenters. The highest BCUT2D eigenvalue weighted by Crippen LogP contribution is 2.35. The van der Waals surface area contributed by atoms with Crippen molar-refractivity contribution < 1.29 is 37.4 Å². The molecule has 0 spiro atoms. The number of carboxylic acid groups (broad SMARTS) is 1. The fourth-order valence-corrected chi connectivity index (χ4v) is 2.85. The Balaban J connectivity index is 0.00000135. The first-order chi connectivity index (χ1) is 15.4. The number of hydrogen-bond donors (Lipinski definition) is 3. The third-order valence-corrected chi connectivity index (χ3v) is 4.92. The monoisotopic (exact) mass is 490 g/mol. The van der Waals surface area contributed by atoms with Gasteiger partial charge in [-0.2, -0.15) is 13.2 Å². The van der Waals surface area contributed by atoms with Crippen molar-refractivity contribution in [3.63, 3.8) is 0 Å². The Morgan fingerprint density at radius 3 is 1.85 bits per heavy atom. The van der Waals surface area contributed by atoms with Gasteiger partial charge in [-0.05, 0) is 34.8 Å². The van der Waals surface area contributed by atoms with Gasteiger partial charge in [-0.25, -0.2) is 4.79 Å². The molecule has 0 aliphatic rings. The second kappa shape index (κ2) is 13.3. The maximum absolute atomic E-state index is 12.7. The zero-order valence-corrected chi connectivity index (χ0v) is 20.9. The molecule has 7 nitrogen and oxygen atoms in total. The van der Waals surface area contributed by atoms with E-state index in [1.807, 2.05) is 39.0 Å². The van der Waals surface area contributed by atoms with Gasteiger partial charge in [-0.1, -0.05) is 66.7 Å². The zero-order chi connectivity index (χ0) is 26.9. The number of alkyl halides is 3. The van der Waals surface area contributed by atoms with Gasteiger partial charge in [0.15, 0.2) is 0 Å². The van der Waals surface area contributed by atoms with Crippen molar-refractivity contribution in [2.24, 2.45) is 11.1 Å². The zero-order valence-electron chi connectivity index (χ0n) is 20.9. The Morgan fingerprint density at radius 1 is 1.06 bits per heavy atom. The van der Waals surface area contributed by atoms with Crippen LogP contribution < -0.4 is 15.8 Å². The Bertz CT molecular complexity index is 810. The molecular formula is C24H37F3N2O5. The number of rotatable bonds is 9. The predicted octanol–water partition coefficient (Wildman–Crippen LogP) is 4.74. The molecule has 0 aromatic heterocycles. The van der Waals surface area contributed by atoms with E-state index < -0.39 is 23.6 Å². The number of hydrogen-bond acceptors (Lipinski definition) is 5. The molecule has 194 valence electrons. The number of nitrogens with two attached hydrogens (primary N) is 1. The lowest BCUT2D eigenvalue weighted by atomic mass is 9.89. The minimum atomic E-state index is -5.08. The molecule has 0 saturated carbocycles. The topological polar surface area (TPSA) is 119 Å². The van der Waals surface area contributed by atoms with Gasteiger partial charge in [0.05, 0.1) is 12.5 Å². The number of carboxylic acids is 1. The van der Waals surface area contributed by atoms with Gasteiger partial charge in [-0.15, -0.1) is 0 Å². The van der Waals surface area contributed by atoms with Crippen LogP contribution in [0.3, 0.4) is 0 Å². The van der Waals surface area contributed by atoms with Crippen LogP contribution in [-0.4, -0.2) is 41.7 Å². The van der Waals surface area contributed by atoms with Gasteiger partial charge < -0.3 is 20.9 Å². The molecule has 1 aromatic carbocycles. The molecule has 0 aliphatic carbocycles. The van der Waals surface area contributed by atoms with Crippen LogP contribution in [0.2, 0.25) is 0 Å². The van der Waals surface area contributed by atoms with Crippen LogP contribution in [0.15, 0.2) is 18.2 Å². The molecule has 1 aromatic rings. The number of benzene rings is 1. The van der Waals surface area contributed by atoms with Crippen molar-refractivity contribution in [3.8, 4) is 5.75 Å². The number of ether oxygens (including phenoxy) is 1. The van der Waals surface area contributed by atoms with Crippen LogP contribution in [0.5, 0.6) is 5.75 Å². The molecule has 0 radical (unpaired) electrons. The second-order valence-electron chi connectivity index (χ2n) is 9.43. The number of para-hydroxylation sites is 1. The molecule has 10 heteroatoms. The highest BCUT2D eigenvalue weighted by atomic mass is 19.4. The second-order valence-corrected chi connectivity index (χ2v) is 9.43. The normalized spacial score (nSPS) is 12.6. The average Bonchev–Trinajstić information content (AvgIpc) is 2.70. The van der Waals surface area contributed by atoms with Crippen molar-refractivity contribution >= 4 is 17.8 Å². The lowest BCUT2D eigenvalue weighted by Gasteiger charge is -2.26. The van der Waals surface area contributed by atoms with Gasteiger partial charge in [0, 0.05) is 6.54 Å². The molecule has 0 aliphatic heterocycles. The maximum atomic E-state index is 12.7. The fourth-order valence-electron chi connectivity index (χ4n) is 2.85. The van der Waals surface area contributed by atoms with Crippen LogP contribution in [0.1, 0.15) is 84.3 Å². The average molecular weight is 491 g/mol. The molecule has 0 fully saturated rings. The Morgan fingerprint density at radius 2 is 1.50 bits per heavy atom. The Kier molecular flexibility index (Phi) is 12.3. The van der Waals surface area contributed by atoms with E-state index in [1.54, 1.807) is 0 Å². The summed E-state index contributed by atoms with van der Waals surface area (Å²) < 4.78 is 37.6. The van der Waals surface area contributed by atoms with Gasteiger partial charge >= 0.3 is 18.1 Å². The van der Waals surface area contributed by atoms with E-state index in [0.29, 0.717) is 18.7 Å². The molecule has 0 heterocycles. The van der Waals surface area contributed by atoms with E-state index in [4.69, 9.17) is 20.4 Å². The molecule has 1 rings (SSSR count). The SMILES string of the molecule is CC[C@H](N)C(=O)NCC(C)(C)CC(=O)Oc1c(C(C)C)cccc1C(C)C.O=C(O)C(F)(F)F. The minimum Gasteiger partial charge on any atom is -0.475 e. The first kappa shape index (κ1) is 31.4. The predicted molar refractivity (Wildman–Crippen MR) is 124 cm³/mol. The largest absolute Gasteiger partial charge is 0.490 e. The molecule has 1 amide bonds. The van der Waals surface area contributed by atoms with Crippen LogP contribution in [0.4, 0.5) is 13.2 Å². The molecule has 4 N–H and O–H groups in total. The summed E-state index contributed by atoms with van der Waals surface area (Å²) in [7, 11) is 0. The summed E-state index contributed by atoms with van der Waals surface area (Å²) in [5.41, 5.74) is 7.38. The van der Waals surface area contributed by atoms with E-state index in [-0.39, 0.29) is 30.1 Å². The fraction of sp³-hybridized carbons (Fsp3) is 0.625. The van der Waals surface area contributed by atoms with Crippen molar-refractivity contribution in [2.75, 3.05) is 6.54 Å².